The molecule has 42 heavy (non-hydrogen) atoms. The van der Waals surface area contributed by atoms with Crippen molar-refractivity contribution in [3.05, 3.63) is 131 Å². The lowest BCUT2D eigenvalue weighted by molar-refractivity contribution is -0.119. The maximum atomic E-state index is 13.7. The molecule has 0 aliphatic carbocycles. The van der Waals surface area contributed by atoms with Crippen molar-refractivity contribution in [2.24, 2.45) is 0 Å². The van der Waals surface area contributed by atoms with Gasteiger partial charge in [-0.25, -0.2) is 0 Å². The van der Waals surface area contributed by atoms with Gasteiger partial charge in [0.1, 0.15) is 5.75 Å². The summed E-state index contributed by atoms with van der Waals surface area (Å²) in [6.07, 6.45) is 0.170. The highest BCUT2D eigenvalue weighted by molar-refractivity contribution is 7.80. The van der Waals surface area contributed by atoms with E-state index >= 15 is 0 Å². The SMILES string of the molecule is COc1ccc(CC(=O)NC(=S)Nc2ccccc2C(=O)N2CCN(C(c3ccccc3)c3ccccc3)CC2)cc1. The molecule has 0 spiro atoms. The molecule has 0 unspecified atom stereocenters. The van der Waals surface area contributed by atoms with Gasteiger partial charge in [0.05, 0.1) is 30.8 Å². The smallest absolute Gasteiger partial charge is 0.256 e. The predicted octanol–water partition coefficient (Wildman–Crippen LogP) is 5.30. The van der Waals surface area contributed by atoms with E-state index in [1.807, 2.05) is 53.4 Å². The second-order valence-corrected chi connectivity index (χ2v) is 10.5. The lowest BCUT2D eigenvalue weighted by Gasteiger charge is -2.40. The summed E-state index contributed by atoms with van der Waals surface area (Å²) >= 11 is 5.41. The van der Waals surface area contributed by atoms with E-state index in [4.69, 9.17) is 17.0 Å². The van der Waals surface area contributed by atoms with Crippen molar-refractivity contribution in [1.29, 1.82) is 0 Å². The minimum atomic E-state index is -0.246. The molecule has 0 radical (unpaired) electrons. The Kier molecular flexibility index (Phi) is 9.59. The number of rotatable bonds is 8. The molecule has 1 saturated heterocycles. The van der Waals surface area contributed by atoms with Crippen molar-refractivity contribution in [3.8, 4) is 5.75 Å². The van der Waals surface area contributed by atoms with Crippen LogP contribution in [-0.4, -0.2) is 60.0 Å². The first-order valence-electron chi connectivity index (χ1n) is 14.0. The van der Waals surface area contributed by atoms with Gasteiger partial charge >= 0.3 is 0 Å². The third-order valence-electron chi connectivity index (χ3n) is 7.38. The number of nitrogens with one attached hydrogen (secondary N) is 2. The van der Waals surface area contributed by atoms with Crippen molar-refractivity contribution in [2.45, 2.75) is 12.5 Å². The highest BCUT2D eigenvalue weighted by atomic mass is 32.1. The first-order valence-corrected chi connectivity index (χ1v) is 14.4. The van der Waals surface area contributed by atoms with Crippen LogP contribution >= 0.6 is 12.2 Å². The molecule has 4 aromatic carbocycles. The molecule has 8 heteroatoms. The number of carbonyl (C=O) groups is 2. The normalized spacial score (nSPS) is 13.4. The fraction of sp³-hybridized carbons (Fsp3) is 0.206. The van der Waals surface area contributed by atoms with Crippen LogP contribution < -0.4 is 15.4 Å². The first kappa shape index (κ1) is 29.0. The molecule has 214 valence electrons. The van der Waals surface area contributed by atoms with E-state index in [0.717, 1.165) is 24.4 Å². The van der Waals surface area contributed by atoms with Gasteiger partial charge in [0.25, 0.3) is 5.91 Å². The number of amides is 2. The van der Waals surface area contributed by atoms with Crippen LogP contribution in [0.25, 0.3) is 0 Å². The van der Waals surface area contributed by atoms with Gasteiger partial charge in [-0.3, -0.25) is 14.5 Å². The number of anilines is 1. The Labute approximate surface area is 252 Å². The average molecular weight is 579 g/mol. The highest BCUT2D eigenvalue weighted by Gasteiger charge is 2.29. The molecule has 0 saturated carbocycles. The number of piperazine rings is 1. The summed E-state index contributed by atoms with van der Waals surface area (Å²) in [5.74, 6) is 0.413. The number of nitrogens with zero attached hydrogens (tertiary/aromatic N) is 2. The van der Waals surface area contributed by atoms with E-state index in [-0.39, 0.29) is 29.4 Å². The third kappa shape index (κ3) is 7.21. The Morgan fingerprint density at radius 3 is 1.95 bits per heavy atom. The Morgan fingerprint density at radius 1 is 0.786 bits per heavy atom. The van der Waals surface area contributed by atoms with Crippen LogP contribution in [0.2, 0.25) is 0 Å². The number of thiocarbonyl (C=S) groups is 1. The Balaban J connectivity index is 1.21. The molecular weight excluding hydrogens is 544 g/mol. The Morgan fingerprint density at radius 2 is 1.36 bits per heavy atom. The van der Waals surface area contributed by atoms with Crippen molar-refractivity contribution >= 4 is 34.8 Å². The van der Waals surface area contributed by atoms with Gasteiger partial charge in [-0.15, -0.1) is 0 Å². The van der Waals surface area contributed by atoms with Crippen molar-refractivity contribution in [3.63, 3.8) is 0 Å². The zero-order valence-corrected chi connectivity index (χ0v) is 24.3. The quantitative estimate of drug-likeness (QED) is 0.277. The summed E-state index contributed by atoms with van der Waals surface area (Å²) in [7, 11) is 1.60. The number of ether oxygens (including phenoxy) is 1. The summed E-state index contributed by atoms with van der Waals surface area (Å²) in [6.45, 7) is 2.70. The van der Waals surface area contributed by atoms with Gasteiger partial charge in [0.2, 0.25) is 5.91 Å². The van der Waals surface area contributed by atoms with E-state index in [0.29, 0.717) is 24.3 Å². The third-order valence-corrected chi connectivity index (χ3v) is 7.58. The topological polar surface area (TPSA) is 73.9 Å². The fourth-order valence-electron chi connectivity index (χ4n) is 5.27. The molecule has 1 aliphatic rings. The summed E-state index contributed by atoms with van der Waals surface area (Å²) in [4.78, 5) is 30.6. The van der Waals surface area contributed by atoms with Crippen molar-refractivity contribution in [2.75, 3.05) is 38.6 Å². The number of hydrogen-bond donors (Lipinski definition) is 2. The largest absolute Gasteiger partial charge is 0.497 e. The maximum absolute atomic E-state index is 13.7. The molecule has 2 N–H and O–H groups in total. The Bertz CT molecular complexity index is 1470. The van der Waals surface area contributed by atoms with Gasteiger partial charge in [0, 0.05) is 26.2 Å². The van der Waals surface area contributed by atoms with Gasteiger partial charge in [0.15, 0.2) is 5.11 Å². The van der Waals surface area contributed by atoms with Crippen LogP contribution in [0.4, 0.5) is 5.69 Å². The van der Waals surface area contributed by atoms with Crippen LogP contribution in [0.15, 0.2) is 109 Å². The van der Waals surface area contributed by atoms with Gasteiger partial charge in [-0.05, 0) is 53.2 Å². The van der Waals surface area contributed by atoms with E-state index in [2.05, 4.69) is 64.1 Å². The molecule has 2 amide bonds. The van der Waals surface area contributed by atoms with Crippen LogP contribution in [0.3, 0.4) is 0 Å². The van der Waals surface area contributed by atoms with Crippen LogP contribution in [0.1, 0.15) is 33.1 Å². The van der Waals surface area contributed by atoms with E-state index in [9.17, 15) is 9.59 Å². The van der Waals surface area contributed by atoms with Crippen molar-refractivity contribution < 1.29 is 14.3 Å². The maximum Gasteiger partial charge on any atom is 0.256 e. The van der Waals surface area contributed by atoms with Crippen molar-refractivity contribution in [1.82, 2.24) is 15.1 Å². The minimum Gasteiger partial charge on any atom is -0.497 e. The van der Waals surface area contributed by atoms with Gasteiger partial charge in [-0.1, -0.05) is 84.9 Å². The standard InChI is InChI=1S/C34H34N4O3S/c1-41-28-18-16-25(17-19-28)24-31(39)36-34(42)35-30-15-9-8-14-29(30)33(40)38-22-20-37(21-23-38)32(26-10-4-2-5-11-26)27-12-6-3-7-13-27/h2-19,32H,20-24H2,1H3,(H2,35,36,39,42). The molecule has 4 aromatic rings. The van der Waals surface area contributed by atoms with E-state index in [1.54, 1.807) is 19.2 Å². The second-order valence-electron chi connectivity index (χ2n) is 10.1. The highest BCUT2D eigenvalue weighted by Crippen LogP contribution is 2.30. The summed E-state index contributed by atoms with van der Waals surface area (Å²) in [5.41, 5.74) is 4.39. The lowest BCUT2D eigenvalue weighted by atomic mass is 9.96. The number of hydrogen-bond acceptors (Lipinski definition) is 5. The molecule has 5 rings (SSSR count). The molecule has 1 fully saturated rings. The molecule has 1 aliphatic heterocycles. The number of benzene rings is 4. The Hall–Kier alpha value is -4.53. The molecule has 0 aromatic heterocycles. The molecule has 1 heterocycles. The lowest BCUT2D eigenvalue weighted by Crippen LogP contribution is -2.50. The molecular formula is C34H34N4O3S. The molecule has 0 atom stereocenters. The summed E-state index contributed by atoms with van der Waals surface area (Å²) < 4.78 is 5.17. The van der Waals surface area contributed by atoms with Crippen LogP contribution in [-0.2, 0) is 11.2 Å². The van der Waals surface area contributed by atoms with Gasteiger partial charge in [-0.2, -0.15) is 0 Å². The fourth-order valence-corrected chi connectivity index (χ4v) is 5.49. The zero-order valence-electron chi connectivity index (χ0n) is 23.5. The first-order chi connectivity index (χ1) is 20.5. The second kappa shape index (κ2) is 13.9. The van der Waals surface area contributed by atoms with E-state index < -0.39 is 0 Å². The van der Waals surface area contributed by atoms with Crippen LogP contribution in [0.5, 0.6) is 5.75 Å². The number of para-hydroxylation sites is 1. The monoisotopic (exact) mass is 578 g/mol. The van der Waals surface area contributed by atoms with Gasteiger partial charge < -0.3 is 20.3 Å². The number of methoxy groups -OCH3 is 1. The predicted molar refractivity (Wildman–Crippen MR) is 170 cm³/mol. The molecule has 0 bridgehead atoms. The number of carbonyl (C=O) groups excluding carboxylic acids is 2. The molecule has 7 nitrogen and oxygen atoms in total. The summed E-state index contributed by atoms with van der Waals surface area (Å²) in [5, 5.41) is 5.92. The zero-order chi connectivity index (χ0) is 29.3. The van der Waals surface area contributed by atoms with E-state index in [1.165, 1.54) is 11.1 Å². The minimum absolute atomic E-state index is 0.0684. The van der Waals surface area contributed by atoms with Crippen LogP contribution in [0, 0.1) is 0 Å². The summed E-state index contributed by atoms with van der Waals surface area (Å²) in [6, 6.07) is 35.7. The average Bonchev–Trinajstić information content (AvgIpc) is 3.03.